The van der Waals surface area contributed by atoms with Crippen LogP contribution in [-0.4, -0.2) is 16.8 Å². The molecule has 5 atom stereocenters. The van der Waals surface area contributed by atoms with Crippen molar-refractivity contribution in [1.82, 2.24) is 4.90 Å². The molecule has 2 N–H and O–H groups in total. The third kappa shape index (κ3) is 1.71. The van der Waals surface area contributed by atoms with E-state index >= 15 is 0 Å². The van der Waals surface area contributed by atoms with Crippen LogP contribution in [-0.2, 0) is 6.54 Å². The molecule has 3 heteroatoms. The number of anilines is 1. The van der Waals surface area contributed by atoms with Crippen LogP contribution in [0.1, 0.15) is 54.4 Å². The third-order valence-corrected chi connectivity index (χ3v) is 7.01. The van der Waals surface area contributed by atoms with Crippen molar-refractivity contribution in [3.05, 3.63) is 29.3 Å². The van der Waals surface area contributed by atoms with Crippen LogP contribution in [0.4, 0.5) is 5.69 Å². The lowest BCUT2D eigenvalue weighted by Gasteiger charge is -2.53. The molecule has 3 bridgehead atoms. The summed E-state index contributed by atoms with van der Waals surface area (Å²) in [6, 6.07) is 6.25. The lowest BCUT2D eigenvalue weighted by molar-refractivity contribution is -0.0274. The minimum atomic E-state index is 0.229. The largest absolute Gasteiger partial charge is 0.398 e. The summed E-state index contributed by atoms with van der Waals surface area (Å²) < 4.78 is 0. The SMILES string of the molecule is Nc1cccc2c1CN(C1CC3CCC4CC3CC1C4)C2=O. The van der Waals surface area contributed by atoms with Crippen molar-refractivity contribution < 1.29 is 4.79 Å². The van der Waals surface area contributed by atoms with Gasteiger partial charge in [0.05, 0.1) is 0 Å². The van der Waals surface area contributed by atoms with Crippen LogP contribution in [0.15, 0.2) is 18.2 Å². The Morgan fingerprint density at radius 2 is 1.86 bits per heavy atom. The van der Waals surface area contributed by atoms with Gasteiger partial charge in [-0.1, -0.05) is 12.5 Å². The average molecular weight is 296 g/mol. The molecule has 1 heterocycles. The van der Waals surface area contributed by atoms with Gasteiger partial charge in [-0.3, -0.25) is 4.79 Å². The molecule has 5 unspecified atom stereocenters. The fourth-order valence-electron chi connectivity index (χ4n) is 5.99. The predicted molar refractivity (Wildman–Crippen MR) is 86.2 cm³/mol. The first-order valence-electron chi connectivity index (χ1n) is 8.89. The zero-order valence-corrected chi connectivity index (χ0v) is 13.0. The minimum absolute atomic E-state index is 0.229. The highest BCUT2D eigenvalue weighted by atomic mass is 16.2. The molecule has 4 aliphatic rings. The maximum atomic E-state index is 12.9. The first-order chi connectivity index (χ1) is 10.7. The van der Waals surface area contributed by atoms with E-state index < -0.39 is 0 Å². The van der Waals surface area contributed by atoms with E-state index in [1.807, 2.05) is 18.2 Å². The minimum Gasteiger partial charge on any atom is -0.398 e. The van der Waals surface area contributed by atoms with Gasteiger partial charge in [0, 0.05) is 29.4 Å². The molecule has 3 fully saturated rings. The number of hydrogen-bond donors (Lipinski definition) is 1. The predicted octanol–water partition coefficient (Wildman–Crippen LogP) is 3.44. The summed E-state index contributed by atoms with van der Waals surface area (Å²) in [6.45, 7) is 0.740. The number of nitrogens with two attached hydrogens (primary N) is 1. The molecule has 22 heavy (non-hydrogen) atoms. The Labute approximate surface area is 131 Å². The Morgan fingerprint density at radius 1 is 1.00 bits per heavy atom. The Morgan fingerprint density at radius 3 is 2.73 bits per heavy atom. The van der Waals surface area contributed by atoms with Gasteiger partial charge in [0.25, 0.3) is 5.91 Å². The molecule has 1 aliphatic heterocycles. The van der Waals surface area contributed by atoms with Gasteiger partial charge in [-0.05, 0) is 67.9 Å². The van der Waals surface area contributed by atoms with E-state index in [0.29, 0.717) is 6.04 Å². The van der Waals surface area contributed by atoms with Gasteiger partial charge in [-0.15, -0.1) is 0 Å². The molecule has 1 aromatic rings. The van der Waals surface area contributed by atoms with E-state index in [9.17, 15) is 4.79 Å². The lowest BCUT2D eigenvalue weighted by Crippen LogP contribution is -2.51. The normalized spacial score (nSPS) is 39.2. The molecule has 1 aromatic carbocycles. The Kier molecular flexibility index (Phi) is 2.65. The third-order valence-electron chi connectivity index (χ3n) is 7.01. The number of fused-ring (bicyclic) bond motifs is 3. The van der Waals surface area contributed by atoms with Gasteiger partial charge in [-0.2, -0.15) is 0 Å². The smallest absolute Gasteiger partial charge is 0.254 e. The maximum Gasteiger partial charge on any atom is 0.254 e. The Balaban J connectivity index is 1.47. The molecule has 0 saturated heterocycles. The van der Waals surface area contributed by atoms with Gasteiger partial charge in [0.1, 0.15) is 0 Å². The second kappa shape index (κ2) is 4.50. The van der Waals surface area contributed by atoms with Gasteiger partial charge in [0.2, 0.25) is 0 Å². The topological polar surface area (TPSA) is 46.3 Å². The maximum absolute atomic E-state index is 12.9. The number of hydrogen-bond acceptors (Lipinski definition) is 2. The number of rotatable bonds is 1. The van der Waals surface area contributed by atoms with Gasteiger partial charge >= 0.3 is 0 Å². The Hall–Kier alpha value is -1.51. The highest BCUT2D eigenvalue weighted by Crippen LogP contribution is 2.54. The fraction of sp³-hybridized carbons (Fsp3) is 0.632. The van der Waals surface area contributed by atoms with E-state index in [0.717, 1.165) is 47.0 Å². The molecular formula is C19H24N2O. The molecule has 3 nitrogen and oxygen atoms in total. The van der Waals surface area contributed by atoms with Crippen molar-refractivity contribution in [1.29, 1.82) is 0 Å². The second-order valence-electron chi connectivity index (χ2n) is 8.04. The first-order valence-corrected chi connectivity index (χ1v) is 8.89. The molecule has 116 valence electrons. The van der Waals surface area contributed by atoms with Gasteiger partial charge in [-0.25, -0.2) is 0 Å². The van der Waals surface area contributed by atoms with Crippen LogP contribution < -0.4 is 5.73 Å². The van der Waals surface area contributed by atoms with Crippen LogP contribution in [0.2, 0.25) is 0 Å². The summed E-state index contributed by atoms with van der Waals surface area (Å²) >= 11 is 0. The molecule has 3 aliphatic carbocycles. The van der Waals surface area contributed by atoms with Crippen molar-refractivity contribution in [2.45, 2.75) is 51.1 Å². The Bertz CT molecular complexity index is 638. The average Bonchev–Trinajstić information content (AvgIpc) is 2.84. The zero-order valence-electron chi connectivity index (χ0n) is 13.0. The van der Waals surface area contributed by atoms with E-state index in [1.165, 1.54) is 38.5 Å². The van der Waals surface area contributed by atoms with E-state index in [1.54, 1.807) is 0 Å². The van der Waals surface area contributed by atoms with Crippen LogP contribution in [0.3, 0.4) is 0 Å². The van der Waals surface area contributed by atoms with Crippen LogP contribution >= 0.6 is 0 Å². The van der Waals surface area contributed by atoms with Gasteiger partial charge < -0.3 is 10.6 Å². The second-order valence-corrected chi connectivity index (χ2v) is 8.04. The molecule has 0 radical (unpaired) electrons. The summed E-state index contributed by atoms with van der Waals surface area (Å²) in [6.07, 6.45) is 8.25. The van der Waals surface area contributed by atoms with E-state index in [2.05, 4.69) is 4.90 Å². The first kappa shape index (κ1) is 13.0. The highest BCUT2D eigenvalue weighted by Gasteiger charge is 2.49. The summed E-state index contributed by atoms with van der Waals surface area (Å²) in [5, 5.41) is 0. The van der Waals surface area contributed by atoms with Crippen molar-refractivity contribution in [3.8, 4) is 0 Å². The summed E-state index contributed by atoms with van der Waals surface area (Å²) in [5.41, 5.74) is 8.81. The lowest BCUT2D eigenvalue weighted by atomic mass is 9.56. The molecular weight excluding hydrogens is 272 g/mol. The van der Waals surface area contributed by atoms with Crippen molar-refractivity contribution in [2.75, 3.05) is 5.73 Å². The van der Waals surface area contributed by atoms with Crippen molar-refractivity contribution >= 4 is 11.6 Å². The van der Waals surface area contributed by atoms with E-state index in [-0.39, 0.29) is 5.91 Å². The van der Waals surface area contributed by atoms with Crippen molar-refractivity contribution in [2.24, 2.45) is 23.7 Å². The quantitative estimate of drug-likeness (QED) is 0.807. The molecule has 5 rings (SSSR count). The standard InChI is InChI=1S/C19H24N2O/c20-17-3-1-2-15-16(17)10-21(19(15)22)18-9-12-5-4-11-6-13(12)8-14(18)7-11/h1-3,11-14,18H,4-10,20H2. The summed E-state index contributed by atoms with van der Waals surface area (Å²) in [5.74, 6) is 3.73. The summed E-state index contributed by atoms with van der Waals surface area (Å²) in [4.78, 5) is 15.1. The molecule has 0 aromatic heterocycles. The number of benzene rings is 1. The number of amides is 1. The summed E-state index contributed by atoms with van der Waals surface area (Å²) in [7, 11) is 0. The van der Waals surface area contributed by atoms with E-state index in [4.69, 9.17) is 5.73 Å². The fourth-order valence-corrected chi connectivity index (χ4v) is 5.99. The molecule has 1 amide bonds. The number of nitrogens with zero attached hydrogens (tertiary/aromatic N) is 1. The van der Waals surface area contributed by atoms with Gasteiger partial charge in [0.15, 0.2) is 0 Å². The number of carbonyl (C=O) groups is 1. The zero-order chi connectivity index (χ0) is 14.8. The van der Waals surface area contributed by atoms with Crippen molar-refractivity contribution in [3.63, 3.8) is 0 Å². The molecule has 3 saturated carbocycles. The van der Waals surface area contributed by atoms with Crippen LogP contribution in [0.25, 0.3) is 0 Å². The molecule has 0 spiro atoms. The van der Waals surface area contributed by atoms with Crippen LogP contribution in [0.5, 0.6) is 0 Å². The monoisotopic (exact) mass is 296 g/mol. The number of carbonyl (C=O) groups excluding carboxylic acids is 1. The van der Waals surface area contributed by atoms with Crippen LogP contribution in [0, 0.1) is 23.7 Å². The number of nitrogen functional groups attached to an aromatic ring is 1. The highest BCUT2D eigenvalue weighted by molar-refractivity contribution is 6.00.